The first kappa shape index (κ1) is 7.84. The van der Waals surface area contributed by atoms with E-state index in [4.69, 9.17) is 11.6 Å². The lowest BCUT2D eigenvalue weighted by Crippen LogP contribution is -1.72. The monoisotopic (exact) mass is 163 g/mol. The number of halogens is 1. The Morgan fingerprint density at radius 2 is 1.91 bits per heavy atom. The van der Waals surface area contributed by atoms with Gasteiger partial charge in [0.15, 0.2) is 0 Å². The minimum Gasteiger partial charge on any atom is -0.409 e. The van der Waals surface area contributed by atoms with Crippen LogP contribution in [0.4, 0.5) is 0 Å². The fraction of sp³-hybridized carbons (Fsp3) is 0. The second-order valence-corrected chi connectivity index (χ2v) is 2.30. The third-order valence-electron chi connectivity index (χ3n) is 1.10. The highest BCUT2D eigenvalue weighted by Crippen LogP contribution is 2.07. The summed E-state index contributed by atoms with van der Waals surface area (Å²) < 4.78 is 0. The molecule has 0 spiro atoms. The molecule has 0 amide bonds. The maximum absolute atomic E-state index is 9.72. The van der Waals surface area contributed by atoms with Crippen molar-refractivity contribution in [2.75, 3.05) is 0 Å². The summed E-state index contributed by atoms with van der Waals surface area (Å²) in [5, 5.41) is 0.658. The summed E-state index contributed by atoms with van der Waals surface area (Å²) in [6.07, 6.45) is 1.49. The van der Waals surface area contributed by atoms with Crippen molar-refractivity contribution in [3.8, 4) is 11.8 Å². The van der Waals surface area contributed by atoms with Crippen molar-refractivity contribution in [2.24, 2.45) is 0 Å². The molecule has 0 saturated carbocycles. The van der Waals surface area contributed by atoms with Crippen molar-refractivity contribution in [2.45, 2.75) is 0 Å². The molecule has 0 N–H and O–H groups in total. The van der Waals surface area contributed by atoms with Gasteiger partial charge in [0.05, 0.1) is 0 Å². The molecule has 0 aliphatic rings. The molecule has 1 aromatic rings. The first-order valence-electron chi connectivity index (χ1n) is 2.96. The Morgan fingerprint density at radius 1 is 1.27 bits per heavy atom. The van der Waals surface area contributed by atoms with Crippen LogP contribution in [0.5, 0.6) is 0 Å². The normalized spacial score (nSPS) is 8.09. The van der Waals surface area contributed by atoms with Gasteiger partial charge in [-0.2, -0.15) is 0 Å². The molecule has 1 nitrogen and oxygen atoms in total. The fourth-order valence-corrected chi connectivity index (χ4v) is 0.757. The molecule has 0 aromatic heterocycles. The van der Waals surface area contributed by atoms with Gasteiger partial charge in [0.2, 0.25) is 0 Å². The minimum atomic E-state index is 0.658. The molecule has 0 radical (unpaired) electrons. The van der Waals surface area contributed by atoms with Crippen molar-refractivity contribution in [3.05, 3.63) is 34.9 Å². The van der Waals surface area contributed by atoms with Crippen molar-refractivity contribution >= 4 is 17.9 Å². The van der Waals surface area contributed by atoms with E-state index in [0.717, 1.165) is 5.56 Å². The van der Waals surface area contributed by atoms with Crippen LogP contribution in [0.25, 0.3) is 0 Å². The van der Waals surface area contributed by atoms with Gasteiger partial charge >= 0.3 is 0 Å². The third kappa shape index (κ3) is 2.45. The van der Waals surface area contributed by atoms with Gasteiger partial charge in [-0.05, 0) is 12.1 Å². The van der Waals surface area contributed by atoms with E-state index < -0.39 is 0 Å². The maximum atomic E-state index is 9.72. The topological polar surface area (TPSA) is 17.1 Å². The molecule has 2 heteroatoms. The molecule has 54 valence electrons. The first-order chi connectivity index (χ1) is 5.33. The minimum absolute atomic E-state index is 0.658. The summed E-state index contributed by atoms with van der Waals surface area (Å²) in [4.78, 5) is 9.72. The van der Waals surface area contributed by atoms with E-state index >= 15 is 0 Å². The van der Waals surface area contributed by atoms with Crippen LogP contribution in [-0.2, 0) is 4.79 Å². The molecule has 0 unspecified atom stereocenters. The number of benzene rings is 1. The molecule has 0 aliphatic carbocycles. The fourth-order valence-electron chi connectivity index (χ4n) is 0.631. The number of hydrogen-bond acceptors (Lipinski definition) is 1. The largest absolute Gasteiger partial charge is 0.409 e. The van der Waals surface area contributed by atoms with Crippen LogP contribution in [0.1, 0.15) is 5.56 Å². The Hall–Kier alpha value is -1.26. The summed E-state index contributed by atoms with van der Waals surface area (Å²) in [6, 6.07) is 6.92. The van der Waals surface area contributed by atoms with E-state index in [0.29, 0.717) is 5.02 Å². The highest BCUT2D eigenvalue weighted by molar-refractivity contribution is 6.30. The van der Waals surface area contributed by atoms with Gasteiger partial charge < -0.3 is 4.79 Å². The molecule has 1 aromatic carbocycles. The van der Waals surface area contributed by atoms with Crippen LogP contribution in [0, 0.1) is 11.8 Å². The zero-order valence-electron chi connectivity index (χ0n) is 5.60. The lowest BCUT2D eigenvalue weighted by Gasteiger charge is -1.94. The number of rotatable bonds is 0. The van der Waals surface area contributed by atoms with Crippen LogP contribution in [0.15, 0.2) is 24.3 Å². The van der Waals surface area contributed by atoms with Crippen LogP contribution in [0.3, 0.4) is 0 Å². The van der Waals surface area contributed by atoms with Crippen LogP contribution < -0.4 is 0 Å². The van der Waals surface area contributed by atoms with Gasteiger partial charge in [0.25, 0.3) is 0 Å². The van der Waals surface area contributed by atoms with Crippen molar-refractivity contribution in [3.63, 3.8) is 0 Å². The summed E-state index contributed by atoms with van der Waals surface area (Å²) in [6.45, 7) is 0. The van der Waals surface area contributed by atoms with E-state index in [1.165, 1.54) is 6.29 Å². The molecule has 0 atom stereocenters. The molecule has 11 heavy (non-hydrogen) atoms. The van der Waals surface area contributed by atoms with E-state index in [1.807, 2.05) is 0 Å². The van der Waals surface area contributed by atoms with Crippen molar-refractivity contribution in [1.29, 1.82) is 0 Å². The van der Waals surface area contributed by atoms with Crippen molar-refractivity contribution < 1.29 is 4.79 Å². The lowest BCUT2D eigenvalue weighted by molar-refractivity contribution is 0.566. The lowest BCUT2D eigenvalue weighted by atomic mass is 10.2. The summed E-state index contributed by atoms with van der Waals surface area (Å²) in [5.41, 5.74) is 0.762. The third-order valence-corrected chi connectivity index (χ3v) is 1.35. The quantitative estimate of drug-likeness (QED) is 0.421. The molecular formula is C9H4ClO-. The Labute approximate surface area is 70.0 Å². The van der Waals surface area contributed by atoms with Crippen LogP contribution >= 0.6 is 11.6 Å². The van der Waals surface area contributed by atoms with Gasteiger partial charge in [-0.25, -0.2) is 0 Å². The average Bonchev–Trinajstić information content (AvgIpc) is 2.04. The van der Waals surface area contributed by atoms with Crippen LogP contribution in [0.2, 0.25) is 5.02 Å². The molecule has 0 aliphatic heterocycles. The Kier molecular flexibility index (Phi) is 2.71. The molecule has 0 fully saturated rings. The number of carbonyl (C=O) groups excluding carboxylic acids is 1. The van der Waals surface area contributed by atoms with Gasteiger partial charge in [-0.3, -0.25) is 11.8 Å². The molecule has 0 saturated heterocycles. The molecule has 0 heterocycles. The maximum Gasteiger partial charge on any atom is 0.0405 e. The first-order valence-corrected chi connectivity index (χ1v) is 3.34. The Bertz CT molecular complexity index is 303. The summed E-state index contributed by atoms with van der Waals surface area (Å²) in [7, 11) is 0. The predicted octanol–water partition coefficient (Wildman–Crippen LogP) is 1.80. The Morgan fingerprint density at radius 3 is 2.45 bits per heavy atom. The van der Waals surface area contributed by atoms with Gasteiger partial charge in [0.1, 0.15) is 0 Å². The zero-order chi connectivity index (χ0) is 8.10. The van der Waals surface area contributed by atoms with Gasteiger partial charge in [-0.15, -0.1) is 0 Å². The van der Waals surface area contributed by atoms with Gasteiger partial charge in [0, 0.05) is 11.3 Å². The predicted molar refractivity (Wildman–Crippen MR) is 44.0 cm³/mol. The highest BCUT2D eigenvalue weighted by Gasteiger charge is 1.81. The highest BCUT2D eigenvalue weighted by atomic mass is 35.5. The molecule has 1 rings (SSSR count). The van der Waals surface area contributed by atoms with Crippen molar-refractivity contribution in [1.82, 2.24) is 0 Å². The standard InChI is InChI=1S/C9H4ClO/c10-9-5-3-8(4-6-9)2-1-7-11/h3-6H/q-1. The van der Waals surface area contributed by atoms with E-state index in [-0.39, 0.29) is 0 Å². The summed E-state index contributed by atoms with van der Waals surface area (Å²) in [5.74, 6) is 4.77. The Balaban J connectivity index is 2.90. The van der Waals surface area contributed by atoms with E-state index in [9.17, 15) is 4.79 Å². The molecule has 0 bridgehead atoms. The van der Waals surface area contributed by atoms with Crippen LogP contribution in [-0.4, -0.2) is 6.29 Å². The zero-order valence-corrected chi connectivity index (χ0v) is 6.35. The second kappa shape index (κ2) is 3.80. The smallest absolute Gasteiger partial charge is 0.0405 e. The summed E-state index contributed by atoms with van der Waals surface area (Å²) >= 11 is 5.62. The number of hydrogen-bond donors (Lipinski definition) is 0. The molecular weight excluding hydrogens is 160 g/mol. The van der Waals surface area contributed by atoms with E-state index in [2.05, 4.69) is 11.8 Å². The average molecular weight is 164 g/mol. The van der Waals surface area contributed by atoms with E-state index in [1.54, 1.807) is 24.3 Å². The SMILES string of the molecule is O=[C-]C#Cc1ccc(Cl)cc1. The second-order valence-electron chi connectivity index (χ2n) is 1.86. The van der Waals surface area contributed by atoms with Gasteiger partial charge in [-0.1, -0.05) is 29.3 Å².